The van der Waals surface area contributed by atoms with Gasteiger partial charge < -0.3 is 10.1 Å². The Morgan fingerprint density at radius 1 is 1.00 bits per heavy atom. The number of rotatable bonds is 6. The number of nitrogens with one attached hydrogen (secondary N) is 1. The highest BCUT2D eigenvalue weighted by atomic mass is 16.5. The van der Waals surface area contributed by atoms with Gasteiger partial charge in [0.25, 0.3) is 0 Å². The maximum Gasteiger partial charge on any atom is 0.232 e. The summed E-state index contributed by atoms with van der Waals surface area (Å²) in [5, 5.41) is 3.23. The van der Waals surface area contributed by atoms with Crippen LogP contribution in [0.25, 0.3) is 0 Å². The molecule has 2 aromatic carbocycles. The summed E-state index contributed by atoms with van der Waals surface area (Å²) in [5.74, 6) is -0.263. The molecule has 1 aliphatic heterocycles. The molecule has 1 amide bonds. The molecule has 1 N–H and O–H groups in total. The minimum atomic E-state index is -0.305. The van der Waals surface area contributed by atoms with Crippen LogP contribution in [0.2, 0.25) is 0 Å². The third-order valence-electron chi connectivity index (χ3n) is 5.50. The van der Waals surface area contributed by atoms with Crippen molar-refractivity contribution in [3.63, 3.8) is 0 Å². The standard InChI is InChI=1S/C24H32N2O2/c1-18-15-26(16-19(2)28-18)24(3,4)17-25-23(27)22(20-11-7-5-8-12-20)21-13-9-6-10-14-21/h5-14,18-19,22H,15-17H2,1-4H3,(H,25,27). The number of benzene rings is 2. The molecule has 4 nitrogen and oxygen atoms in total. The van der Waals surface area contributed by atoms with Gasteiger partial charge >= 0.3 is 0 Å². The maximum absolute atomic E-state index is 13.2. The van der Waals surface area contributed by atoms with E-state index >= 15 is 0 Å². The van der Waals surface area contributed by atoms with E-state index in [1.807, 2.05) is 60.7 Å². The number of carbonyl (C=O) groups excluding carboxylic acids is 1. The van der Waals surface area contributed by atoms with Crippen molar-refractivity contribution in [2.75, 3.05) is 19.6 Å². The van der Waals surface area contributed by atoms with Crippen LogP contribution in [-0.4, -0.2) is 48.2 Å². The van der Waals surface area contributed by atoms with Crippen molar-refractivity contribution in [1.82, 2.24) is 10.2 Å². The second kappa shape index (κ2) is 8.89. The van der Waals surface area contributed by atoms with Gasteiger partial charge in [0.05, 0.1) is 18.1 Å². The Balaban J connectivity index is 1.73. The third-order valence-corrected chi connectivity index (χ3v) is 5.50. The van der Waals surface area contributed by atoms with E-state index in [9.17, 15) is 4.79 Å². The predicted molar refractivity (Wildman–Crippen MR) is 113 cm³/mol. The number of carbonyl (C=O) groups is 1. The molecule has 0 spiro atoms. The summed E-state index contributed by atoms with van der Waals surface area (Å²) in [5.41, 5.74) is 1.88. The smallest absolute Gasteiger partial charge is 0.232 e. The summed E-state index contributed by atoms with van der Waals surface area (Å²) in [6.07, 6.45) is 0.417. The molecule has 2 aromatic rings. The lowest BCUT2D eigenvalue weighted by atomic mass is 9.90. The van der Waals surface area contributed by atoms with Crippen molar-refractivity contribution in [1.29, 1.82) is 0 Å². The fourth-order valence-corrected chi connectivity index (χ4v) is 3.98. The number of ether oxygens (including phenoxy) is 1. The second-order valence-corrected chi connectivity index (χ2v) is 8.45. The highest BCUT2D eigenvalue weighted by molar-refractivity contribution is 5.87. The van der Waals surface area contributed by atoms with Gasteiger partial charge in [0.15, 0.2) is 0 Å². The Kier molecular flexibility index (Phi) is 6.53. The van der Waals surface area contributed by atoms with Crippen LogP contribution in [-0.2, 0) is 9.53 Å². The molecule has 0 bridgehead atoms. The van der Waals surface area contributed by atoms with E-state index in [1.54, 1.807) is 0 Å². The van der Waals surface area contributed by atoms with Crippen LogP contribution in [0.5, 0.6) is 0 Å². The summed E-state index contributed by atoms with van der Waals surface area (Å²) in [7, 11) is 0. The Labute approximate surface area is 168 Å². The van der Waals surface area contributed by atoms with E-state index < -0.39 is 0 Å². The molecule has 1 fully saturated rings. The predicted octanol–water partition coefficient (Wildman–Crippen LogP) is 3.82. The molecule has 4 heteroatoms. The van der Waals surface area contributed by atoms with E-state index in [0.29, 0.717) is 6.54 Å². The molecule has 28 heavy (non-hydrogen) atoms. The first-order valence-electron chi connectivity index (χ1n) is 10.1. The Morgan fingerprint density at radius 3 is 1.93 bits per heavy atom. The van der Waals surface area contributed by atoms with E-state index in [1.165, 1.54) is 0 Å². The van der Waals surface area contributed by atoms with Gasteiger partial charge in [-0.1, -0.05) is 60.7 Å². The minimum Gasteiger partial charge on any atom is -0.373 e. The van der Waals surface area contributed by atoms with Crippen molar-refractivity contribution in [2.45, 2.75) is 51.4 Å². The SMILES string of the molecule is CC1CN(C(C)(C)CNC(=O)C(c2ccccc2)c2ccccc2)CC(C)O1. The quantitative estimate of drug-likeness (QED) is 0.828. The first-order chi connectivity index (χ1) is 13.4. The Bertz CT molecular complexity index is 711. The van der Waals surface area contributed by atoms with Crippen molar-refractivity contribution in [3.8, 4) is 0 Å². The van der Waals surface area contributed by atoms with E-state index in [-0.39, 0.29) is 29.6 Å². The summed E-state index contributed by atoms with van der Waals surface area (Å²) in [6, 6.07) is 20.0. The second-order valence-electron chi connectivity index (χ2n) is 8.45. The van der Waals surface area contributed by atoms with Gasteiger partial charge in [-0.15, -0.1) is 0 Å². The molecule has 1 heterocycles. The van der Waals surface area contributed by atoms with Crippen molar-refractivity contribution < 1.29 is 9.53 Å². The van der Waals surface area contributed by atoms with Gasteiger partial charge in [0.1, 0.15) is 0 Å². The number of amides is 1. The maximum atomic E-state index is 13.2. The van der Waals surface area contributed by atoms with Gasteiger partial charge in [0.2, 0.25) is 5.91 Å². The van der Waals surface area contributed by atoms with Crippen molar-refractivity contribution in [3.05, 3.63) is 71.8 Å². The molecule has 0 aliphatic carbocycles. The van der Waals surface area contributed by atoms with Gasteiger partial charge in [0, 0.05) is 25.2 Å². The molecule has 0 saturated carbocycles. The molecule has 0 aromatic heterocycles. The van der Waals surface area contributed by atoms with E-state index in [2.05, 4.69) is 37.9 Å². The number of hydrogen-bond acceptors (Lipinski definition) is 3. The highest BCUT2D eigenvalue weighted by Gasteiger charge is 2.34. The fraction of sp³-hybridized carbons (Fsp3) is 0.458. The zero-order valence-corrected chi connectivity index (χ0v) is 17.4. The summed E-state index contributed by atoms with van der Waals surface area (Å²) in [4.78, 5) is 15.7. The fourth-order valence-electron chi connectivity index (χ4n) is 3.98. The summed E-state index contributed by atoms with van der Waals surface area (Å²) < 4.78 is 5.86. The Hall–Kier alpha value is -2.17. The number of nitrogens with zero attached hydrogens (tertiary/aromatic N) is 1. The molecule has 3 rings (SSSR count). The van der Waals surface area contributed by atoms with Crippen LogP contribution in [0.3, 0.4) is 0 Å². The average molecular weight is 381 g/mol. The van der Waals surface area contributed by atoms with Crippen LogP contribution < -0.4 is 5.32 Å². The molecule has 0 radical (unpaired) electrons. The van der Waals surface area contributed by atoms with Crippen molar-refractivity contribution >= 4 is 5.91 Å². The van der Waals surface area contributed by atoms with Crippen LogP contribution in [0, 0.1) is 0 Å². The molecule has 2 unspecified atom stereocenters. The van der Waals surface area contributed by atoms with Crippen LogP contribution >= 0.6 is 0 Å². The first kappa shape index (κ1) is 20.6. The molecule has 1 saturated heterocycles. The molecular formula is C24H32N2O2. The molecule has 150 valence electrons. The minimum absolute atomic E-state index is 0.0415. The summed E-state index contributed by atoms with van der Waals surface area (Å²) in [6.45, 7) is 11.0. The zero-order valence-electron chi connectivity index (χ0n) is 17.4. The van der Waals surface area contributed by atoms with Crippen molar-refractivity contribution in [2.24, 2.45) is 0 Å². The number of hydrogen-bond donors (Lipinski definition) is 1. The van der Waals surface area contributed by atoms with Gasteiger partial charge in [-0.2, -0.15) is 0 Å². The number of morpholine rings is 1. The lowest BCUT2D eigenvalue weighted by molar-refractivity contribution is -0.123. The van der Waals surface area contributed by atoms with Crippen LogP contribution in [0.1, 0.15) is 44.7 Å². The zero-order chi connectivity index (χ0) is 20.1. The molecule has 1 aliphatic rings. The van der Waals surface area contributed by atoms with Gasteiger partial charge in [-0.05, 0) is 38.8 Å². The Morgan fingerprint density at radius 2 is 1.46 bits per heavy atom. The topological polar surface area (TPSA) is 41.6 Å². The molecular weight excluding hydrogens is 348 g/mol. The van der Waals surface area contributed by atoms with E-state index in [4.69, 9.17) is 4.74 Å². The van der Waals surface area contributed by atoms with Gasteiger partial charge in [-0.3, -0.25) is 9.69 Å². The summed E-state index contributed by atoms with van der Waals surface area (Å²) >= 11 is 0. The lowest BCUT2D eigenvalue weighted by Crippen LogP contribution is -2.59. The highest BCUT2D eigenvalue weighted by Crippen LogP contribution is 2.26. The third kappa shape index (κ3) is 5.00. The normalized spacial score (nSPS) is 20.9. The monoisotopic (exact) mass is 380 g/mol. The first-order valence-corrected chi connectivity index (χ1v) is 10.1. The van der Waals surface area contributed by atoms with E-state index in [0.717, 1.165) is 24.2 Å². The van der Waals surface area contributed by atoms with Gasteiger partial charge in [-0.25, -0.2) is 0 Å². The average Bonchev–Trinajstić information content (AvgIpc) is 2.68. The van der Waals surface area contributed by atoms with Crippen LogP contribution in [0.4, 0.5) is 0 Å². The molecule has 2 atom stereocenters. The largest absolute Gasteiger partial charge is 0.373 e. The lowest BCUT2D eigenvalue weighted by Gasteiger charge is -2.45. The van der Waals surface area contributed by atoms with Crippen LogP contribution in [0.15, 0.2) is 60.7 Å².